The Morgan fingerprint density at radius 3 is 2.82 bits per heavy atom. The molecule has 8 heteroatoms. The molecule has 0 aromatic heterocycles. The Morgan fingerprint density at radius 1 is 1.36 bits per heavy atom. The summed E-state index contributed by atoms with van der Waals surface area (Å²) in [6, 6.07) is 5.18. The topological polar surface area (TPSA) is 71.4 Å². The number of carbonyl (C=O) groups is 1. The van der Waals surface area contributed by atoms with Crippen LogP contribution < -0.4 is 5.32 Å². The van der Waals surface area contributed by atoms with Gasteiger partial charge in [-0.3, -0.25) is 0 Å². The van der Waals surface area contributed by atoms with Gasteiger partial charge in [0.1, 0.15) is 11.9 Å². The third-order valence-electron chi connectivity index (χ3n) is 3.93. The minimum absolute atomic E-state index is 0.0939. The molecule has 1 aromatic rings. The number of aromatic hydroxyl groups is 1. The number of phenolic OH excluding ortho intramolecular Hbond substituents is 1. The molecule has 2 aliphatic rings. The average Bonchev–Trinajstić information content (AvgIpc) is 2.91. The molecule has 2 unspecified atom stereocenters. The maximum absolute atomic E-state index is 12.0. The Balaban J connectivity index is 1.88. The van der Waals surface area contributed by atoms with Gasteiger partial charge < -0.3 is 20.2 Å². The number of rotatable bonds is 2. The quantitative estimate of drug-likeness (QED) is 0.625. The highest BCUT2D eigenvalue weighted by Crippen LogP contribution is 2.27. The summed E-state index contributed by atoms with van der Waals surface area (Å²) >= 11 is 5.29. The number of hydrazone groups is 1. The standard InChI is InChI=1S/C14H17N5O2S/c1-8-4-5-10(20)9(6-8)7-15-19-12-11(16-13(19)22)17(2)14(21)18(12)3/h4-7,11-12,20H,1-3H3,(H,16,22)/b15-7+. The monoisotopic (exact) mass is 319 g/mol. The van der Waals surface area contributed by atoms with E-state index in [-0.39, 0.29) is 24.1 Å². The van der Waals surface area contributed by atoms with Crippen molar-refractivity contribution in [2.24, 2.45) is 5.10 Å². The summed E-state index contributed by atoms with van der Waals surface area (Å²) in [5.74, 6) is 0.150. The van der Waals surface area contributed by atoms with Crippen molar-refractivity contribution in [3.8, 4) is 5.75 Å². The lowest BCUT2D eigenvalue weighted by Gasteiger charge is -2.23. The normalized spacial score (nSPS) is 24.4. The fourth-order valence-electron chi connectivity index (χ4n) is 2.70. The van der Waals surface area contributed by atoms with Crippen LogP contribution in [0, 0.1) is 6.92 Å². The minimum atomic E-state index is -0.298. The molecule has 0 spiro atoms. The van der Waals surface area contributed by atoms with Crippen LogP contribution in [0.5, 0.6) is 5.75 Å². The Kier molecular flexibility index (Phi) is 3.40. The number of amides is 2. The van der Waals surface area contributed by atoms with E-state index in [1.54, 1.807) is 41.2 Å². The van der Waals surface area contributed by atoms with Gasteiger partial charge in [-0.25, -0.2) is 9.80 Å². The van der Waals surface area contributed by atoms with E-state index >= 15 is 0 Å². The lowest BCUT2D eigenvalue weighted by molar-refractivity contribution is 0.174. The third-order valence-corrected chi connectivity index (χ3v) is 4.24. The number of hydrogen-bond acceptors (Lipinski definition) is 4. The first-order chi connectivity index (χ1) is 10.4. The van der Waals surface area contributed by atoms with Crippen molar-refractivity contribution in [1.82, 2.24) is 20.1 Å². The Labute approximate surface area is 133 Å². The molecule has 2 heterocycles. The molecule has 7 nitrogen and oxygen atoms in total. The third kappa shape index (κ3) is 2.16. The number of hydrogen-bond donors (Lipinski definition) is 2. The molecule has 2 aliphatic heterocycles. The zero-order valence-corrected chi connectivity index (χ0v) is 13.3. The number of carbonyl (C=O) groups excluding carboxylic acids is 1. The number of phenols is 1. The largest absolute Gasteiger partial charge is 0.507 e. The summed E-state index contributed by atoms with van der Waals surface area (Å²) in [4.78, 5) is 15.2. The van der Waals surface area contributed by atoms with Gasteiger partial charge in [0, 0.05) is 19.7 Å². The van der Waals surface area contributed by atoms with E-state index in [1.165, 1.54) is 0 Å². The zero-order valence-electron chi connectivity index (χ0n) is 12.5. The van der Waals surface area contributed by atoms with Gasteiger partial charge in [-0.2, -0.15) is 5.10 Å². The van der Waals surface area contributed by atoms with Crippen LogP contribution >= 0.6 is 12.2 Å². The molecule has 2 N–H and O–H groups in total. The number of nitrogens with zero attached hydrogens (tertiary/aromatic N) is 4. The molecule has 0 bridgehead atoms. The molecule has 2 amide bonds. The fraction of sp³-hybridized carbons (Fsp3) is 0.357. The number of thiocarbonyl (C=S) groups is 1. The molecule has 2 saturated heterocycles. The molecule has 22 heavy (non-hydrogen) atoms. The van der Waals surface area contributed by atoms with Crippen LogP contribution in [-0.4, -0.2) is 63.7 Å². The van der Waals surface area contributed by atoms with Gasteiger partial charge in [-0.05, 0) is 31.3 Å². The number of nitrogens with one attached hydrogen (secondary N) is 1. The first-order valence-corrected chi connectivity index (χ1v) is 7.24. The van der Waals surface area contributed by atoms with Crippen LogP contribution in [0.4, 0.5) is 4.79 Å². The minimum Gasteiger partial charge on any atom is -0.507 e. The zero-order chi connectivity index (χ0) is 16.0. The van der Waals surface area contributed by atoms with Gasteiger partial charge in [0.15, 0.2) is 11.3 Å². The van der Waals surface area contributed by atoms with Crippen LogP contribution in [0.25, 0.3) is 0 Å². The van der Waals surface area contributed by atoms with Crippen LogP contribution in [0.2, 0.25) is 0 Å². The second-order valence-corrected chi connectivity index (χ2v) is 5.85. The molecule has 3 rings (SSSR count). The molecule has 116 valence electrons. The first kappa shape index (κ1) is 14.6. The van der Waals surface area contributed by atoms with Crippen molar-refractivity contribution < 1.29 is 9.90 Å². The maximum Gasteiger partial charge on any atom is 0.323 e. The van der Waals surface area contributed by atoms with Crippen LogP contribution in [0.3, 0.4) is 0 Å². The van der Waals surface area contributed by atoms with E-state index in [0.29, 0.717) is 10.7 Å². The molecular weight excluding hydrogens is 302 g/mol. The number of aryl methyl sites for hydroxylation is 1. The number of fused-ring (bicyclic) bond motifs is 1. The summed E-state index contributed by atoms with van der Waals surface area (Å²) in [5.41, 5.74) is 1.62. The van der Waals surface area contributed by atoms with Crippen molar-refractivity contribution in [2.75, 3.05) is 14.1 Å². The van der Waals surface area contributed by atoms with Gasteiger partial charge in [0.05, 0.1) is 6.21 Å². The predicted molar refractivity (Wildman–Crippen MR) is 86.5 cm³/mol. The van der Waals surface area contributed by atoms with E-state index in [0.717, 1.165) is 5.56 Å². The highest BCUT2D eigenvalue weighted by atomic mass is 32.1. The lowest BCUT2D eigenvalue weighted by atomic mass is 10.1. The van der Waals surface area contributed by atoms with E-state index < -0.39 is 0 Å². The van der Waals surface area contributed by atoms with E-state index in [2.05, 4.69) is 10.4 Å². The summed E-state index contributed by atoms with van der Waals surface area (Å²) < 4.78 is 0. The summed E-state index contributed by atoms with van der Waals surface area (Å²) in [6.45, 7) is 1.94. The van der Waals surface area contributed by atoms with Gasteiger partial charge in [-0.1, -0.05) is 11.6 Å². The molecular formula is C14H17N5O2S. The number of urea groups is 1. The first-order valence-electron chi connectivity index (χ1n) is 6.83. The summed E-state index contributed by atoms with van der Waals surface area (Å²) in [5, 5.41) is 19.3. The van der Waals surface area contributed by atoms with E-state index in [1.807, 2.05) is 19.1 Å². The van der Waals surface area contributed by atoms with Crippen molar-refractivity contribution in [3.63, 3.8) is 0 Å². The lowest BCUT2D eigenvalue weighted by Crippen LogP contribution is -2.41. The van der Waals surface area contributed by atoms with Gasteiger partial charge >= 0.3 is 6.03 Å². The number of likely N-dealkylation sites (N-methyl/N-ethyl adjacent to an activating group) is 2. The molecule has 0 aliphatic carbocycles. The van der Waals surface area contributed by atoms with Crippen molar-refractivity contribution in [3.05, 3.63) is 29.3 Å². The Hall–Kier alpha value is -2.35. The summed E-state index contributed by atoms with van der Waals surface area (Å²) in [7, 11) is 3.44. The number of benzene rings is 1. The highest BCUT2D eigenvalue weighted by molar-refractivity contribution is 7.80. The van der Waals surface area contributed by atoms with Crippen LogP contribution in [-0.2, 0) is 0 Å². The van der Waals surface area contributed by atoms with E-state index in [9.17, 15) is 9.90 Å². The fourth-order valence-corrected chi connectivity index (χ4v) is 2.97. The molecule has 2 fully saturated rings. The molecule has 0 saturated carbocycles. The van der Waals surface area contributed by atoms with Gasteiger partial charge in [0.25, 0.3) is 0 Å². The maximum atomic E-state index is 12.0. The van der Waals surface area contributed by atoms with Crippen LogP contribution in [0.15, 0.2) is 23.3 Å². The smallest absolute Gasteiger partial charge is 0.323 e. The van der Waals surface area contributed by atoms with Crippen molar-refractivity contribution in [2.45, 2.75) is 19.3 Å². The predicted octanol–water partition coefficient (Wildman–Crippen LogP) is 0.874. The van der Waals surface area contributed by atoms with Gasteiger partial charge in [-0.15, -0.1) is 0 Å². The Morgan fingerprint density at radius 2 is 2.09 bits per heavy atom. The molecule has 0 radical (unpaired) electrons. The van der Waals surface area contributed by atoms with E-state index in [4.69, 9.17) is 12.2 Å². The van der Waals surface area contributed by atoms with Crippen molar-refractivity contribution in [1.29, 1.82) is 0 Å². The summed E-state index contributed by atoms with van der Waals surface area (Å²) in [6.07, 6.45) is 1.02. The van der Waals surface area contributed by atoms with Gasteiger partial charge in [0.2, 0.25) is 0 Å². The Bertz CT molecular complexity index is 677. The molecule has 2 atom stereocenters. The SMILES string of the molecule is Cc1ccc(O)c(/C=N/N2C(=S)NC3C2N(C)C(=O)N3C)c1. The average molecular weight is 319 g/mol. The van der Waals surface area contributed by atoms with Crippen molar-refractivity contribution >= 4 is 29.6 Å². The second-order valence-electron chi connectivity index (χ2n) is 5.46. The second kappa shape index (κ2) is 5.13. The van der Waals surface area contributed by atoms with Crippen LogP contribution in [0.1, 0.15) is 11.1 Å². The molecule has 1 aromatic carbocycles. The highest BCUT2D eigenvalue weighted by Gasteiger charge is 2.51.